The van der Waals surface area contributed by atoms with E-state index in [1.807, 2.05) is 55.5 Å². The topological polar surface area (TPSA) is 71.1 Å². The van der Waals surface area contributed by atoms with Gasteiger partial charge < -0.3 is 10.6 Å². The molecule has 2 amide bonds. The number of carbonyl (C=O) groups is 2. The summed E-state index contributed by atoms with van der Waals surface area (Å²) in [5.41, 5.74) is 4.66. The first-order valence-electron chi connectivity index (χ1n) is 9.26. The molecular weight excluding hydrogens is 350 g/mol. The highest BCUT2D eigenvalue weighted by Gasteiger charge is 2.12. The number of benzene rings is 2. The number of hydrogen-bond acceptors (Lipinski definition) is 3. The third kappa shape index (κ3) is 4.82. The van der Waals surface area contributed by atoms with Crippen molar-refractivity contribution >= 4 is 17.5 Å². The number of nitrogens with zero attached hydrogens (tertiary/aromatic N) is 1. The van der Waals surface area contributed by atoms with Crippen LogP contribution in [0.3, 0.4) is 0 Å². The molecule has 3 rings (SSSR count). The Hall–Kier alpha value is -3.47. The van der Waals surface area contributed by atoms with Gasteiger partial charge in [-0.25, -0.2) is 0 Å². The van der Waals surface area contributed by atoms with Crippen LogP contribution in [0.5, 0.6) is 0 Å². The van der Waals surface area contributed by atoms with E-state index in [0.29, 0.717) is 17.8 Å². The number of aryl methyl sites for hydroxylation is 2. The number of hydrogen-bond donors (Lipinski definition) is 2. The summed E-state index contributed by atoms with van der Waals surface area (Å²) in [5, 5.41) is 5.69. The van der Waals surface area contributed by atoms with Gasteiger partial charge in [0.2, 0.25) is 0 Å². The van der Waals surface area contributed by atoms with E-state index >= 15 is 0 Å². The first-order chi connectivity index (χ1) is 13.6. The minimum atomic E-state index is -0.349. The number of rotatable bonds is 6. The number of nitrogens with one attached hydrogen (secondary N) is 2. The smallest absolute Gasteiger partial charge is 0.274 e. The SMILES string of the molecule is CCc1ccc(NC(=O)c2cc(C(=O)NCc3ccccc3C)ccn2)cc1. The van der Waals surface area contributed by atoms with Gasteiger partial charge in [0, 0.05) is 24.0 Å². The molecule has 28 heavy (non-hydrogen) atoms. The van der Waals surface area contributed by atoms with Gasteiger partial charge in [-0.05, 0) is 54.3 Å². The van der Waals surface area contributed by atoms with Gasteiger partial charge in [-0.15, -0.1) is 0 Å². The number of pyridine rings is 1. The number of amides is 2. The Morgan fingerprint density at radius 2 is 1.71 bits per heavy atom. The second kappa shape index (κ2) is 8.95. The maximum absolute atomic E-state index is 12.5. The van der Waals surface area contributed by atoms with E-state index < -0.39 is 0 Å². The average molecular weight is 373 g/mol. The molecule has 0 saturated carbocycles. The first-order valence-corrected chi connectivity index (χ1v) is 9.26. The van der Waals surface area contributed by atoms with Crippen molar-refractivity contribution in [1.29, 1.82) is 0 Å². The molecule has 0 spiro atoms. The Morgan fingerprint density at radius 1 is 0.964 bits per heavy atom. The van der Waals surface area contributed by atoms with Gasteiger partial charge in [0.1, 0.15) is 5.69 Å². The summed E-state index contributed by atoms with van der Waals surface area (Å²) in [6.07, 6.45) is 2.41. The fourth-order valence-electron chi connectivity index (χ4n) is 2.80. The lowest BCUT2D eigenvalue weighted by atomic mass is 10.1. The van der Waals surface area contributed by atoms with Crippen LogP contribution in [0, 0.1) is 6.92 Å². The molecule has 0 atom stereocenters. The van der Waals surface area contributed by atoms with Crippen LogP contribution in [0.15, 0.2) is 66.9 Å². The molecule has 0 aliphatic carbocycles. The number of carbonyl (C=O) groups excluding carboxylic acids is 2. The Labute approximate surface area is 164 Å². The van der Waals surface area contributed by atoms with Crippen molar-refractivity contribution in [3.63, 3.8) is 0 Å². The normalized spacial score (nSPS) is 10.4. The van der Waals surface area contributed by atoms with Gasteiger partial charge in [0.15, 0.2) is 0 Å². The second-order valence-corrected chi connectivity index (χ2v) is 6.54. The standard InChI is InChI=1S/C23H23N3O2/c1-3-17-8-10-20(11-9-17)26-23(28)21-14-18(12-13-24-21)22(27)25-15-19-7-5-4-6-16(19)2/h4-14H,3,15H2,1-2H3,(H,25,27)(H,26,28). The fraction of sp³-hybridized carbons (Fsp3) is 0.174. The summed E-state index contributed by atoms with van der Waals surface area (Å²) in [6.45, 7) is 4.51. The van der Waals surface area contributed by atoms with Crippen LogP contribution in [0.1, 0.15) is 44.5 Å². The molecule has 0 unspecified atom stereocenters. The quantitative estimate of drug-likeness (QED) is 0.682. The van der Waals surface area contributed by atoms with Crippen molar-refractivity contribution in [2.45, 2.75) is 26.8 Å². The van der Waals surface area contributed by atoms with Crippen LogP contribution in [0.25, 0.3) is 0 Å². The monoisotopic (exact) mass is 373 g/mol. The van der Waals surface area contributed by atoms with E-state index in [4.69, 9.17) is 0 Å². The Bertz CT molecular complexity index is 981. The summed E-state index contributed by atoms with van der Waals surface area (Å²) in [5.74, 6) is -0.593. The fourth-order valence-corrected chi connectivity index (χ4v) is 2.80. The van der Waals surface area contributed by atoms with Crippen LogP contribution in [0.4, 0.5) is 5.69 Å². The molecule has 0 aliphatic heterocycles. The van der Waals surface area contributed by atoms with Gasteiger partial charge in [0.05, 0.1) is 0 Å². The highest BCUT2D eigenvalue weighted by molar-refractivity contribution is 6.04. The van der Waals surface area contributed by atoms with Crippen molar-refractivity contribution in [2.24, 2.45) is 0 Å². The van der Waals surface area contributed by atoms with E-state index in [1.54, 1.807) is 6.07 Å². The number of aromatic nitrogens is 1. The van der Waals surface area contributed by atoms with E-state index in [1.165, 1.54) is 17.8 Å². The average Bonchev–Trinajstić information content (AvgIpc) is 2.73. The predicted molar refractivity (Wildman–Crippen MR) is 110 cm³/mol. The van der Waals surface area contributed by atoms with Crippen LogP contribution in [-0.4, -0.2) is 16.8 Å². The van der Waals surface area contributed by atoms with E-state index in [2.05, 4.69) is 22.5 Å². The van der Waals surface area contributed by atoms with Crippen molar-refractivity contribution in [3.8, 4) is 0 Å². The van der Waals surface area contributed by atoms with E-state index in [-0.39, 0.29) is 17.5 Å². The summed E-state index contributed by atoms with van der Waals surface area (Å²) >= 11 is 0. The molecule has 2 aromatic carbocycles. The lowest BCUT2D eigenvalue weighted by molar-refractivity contribution is 0.0950. The zero-order valence-electron chi connectivity index (χ0n) is 16.0. The number of anilines is 1. The van der Waals surface area contributed by atoms with Crippen LogP contribution < -0.4 is 10.6 Å². The van der Waals surface area contributed by atoms with Gasteiger partial charge in [-0.2, -0.15) is 0 Å². The lowest BCUT2D eigenvalue weighted by Crippen LogP contribution is -2.24. The largest absolute Gasteiger partial charge is 0.348 e. The summed E-state index contributed by atoms with van der Waals surface area (Å²) in [7, 11) is 0. The first kappa shape index (κ1) is 19.3. The van der Waals surface area contributed by atoms with Gasteiger partial charge in [-0.1, -0.05) is 43.3 Å². The maximum Gasteiger partial charge on any atom is 0.274 e. The zero-order chi connectivity index (χ0) is 19.9. The third-order valence-electron chi connectivity index (χ3n) is 4.58. The lowest BCUT2D eigenvalue weighted by Gasteiger charge is -2.09. The van der Waals surface area contributed by atoms with Crippen LogP contribution >= 0.6 is 0 Å². The summed E-state index contributed by atoms with van der Waals surface area (Å²) < 4.78 is 0. The minimum Gasteiger partial charge on any atom is -0.348 e. The Morgan fingerprint density at radius 3 is 2.43 bits per heavy atom. The minimum absolute atomic E-state index is 0.197. The molecule has 0 saturated heterocycles. The highest BCUT2D eigenvalue weighted by Crippen LogP contribution is 2.12. The molecule has 0 fully saturated rings. The third-order valence-corrected chi connectivity index (χ3v) is 4.58. The molecule has 5 heteroatoms. The van der Waals surface area contributed by atoms with E-state index in [0.717, 1.165) is 17.5 Å². The predicted octanol–water partition coefficient (Wildman–Crippen LogP) is 4.13. The zero-order valence-corrected chi connectivity index (χ0v) is 16.0. The van der Waals surface area contributed by atoms with Crippen LogP contribution in [0.2, 0.25) is 0 Å². The van der Waals surface area contributed by atoms with E-state index in [9.17, 15) is 9.59 Å². The molecule has 142 valence electrons. The summed E-state index contributed by atoms with van der Waals surface area (Å²) in [6, 6.07) is 18.6. The maximum atomic E-state index is 12.5. The molecule has 0 radical (unpaired) electrons. The molecule has 0 aliphatic rings. The second-order valence-electron chi connectivity index (χ2n) is 6.54. The molecule has 0 bridgehead atoms. The molecule has 1 heterocycles. The van der Waals surface area contributed by atoms with Crippen molar-refractivity contribution in [1.82, 2.24) is 10.3 Å². The van der Waals surface area contributed by atoms with Gasteiger partial charge in [-0.3, -0.25) is 14.6 Å². The Kier molecular flexibility index (Phi) is 6.17. The van der Waals surface area contributed by atoms with Gasteiger partial charge >= 0.3 is 0 Å². The highest BCUT2D eigenvalue weighted by atomic mass is 16.2. The Balaban J connectivity index is 1.66. The molecule has 3 aromatic rings. The molecular formula is C23H23N3O2. The van der Waals surface area contributed by atoms with Crippen LogP contribution in [-0.2, 0) is 13.0 Å². The summed E-state index contributed by atoms with van der Waals surface area (Å²) in [4.78, 5) is 29.0. The van der Waals surface area contributed by atoms with Gasteiger partial charge in [0.25, 0.3) is 11.8 Å². The molecule has 5 nitrogen and oxygen atoms in total. The van der Waals surface area contributed by atoms with Crippen molar-refractivity contribution in [3.05, 3.63) is 94.8 Å². The molecule has 2 N–H and O–H groups in total. The van der Waals surface area contributed by atoms with Crippen molar-refractivity contribution < 1.29 is 9.59 Å². The van der Waals surface area contributed by atoms with Crippen molar-refractivity contribution in [2.75, 3.05) is 5.32 Å². The molecule has 1 aromatic heterocycles.